The molecule has 2 aromatic rings. The zero-order chi connectivity index (χ0) is 15.5. The molecule has 0 radical (unpaired) electrons. The lowest BCUT2D eigenvalue weighted by Crippen LogP contribution is -2.24. The van der Waals surface area contributed by atoms with E-state index in [4.69, 9.17) is 9.15 Å². The van der Waals surface area contributed by atoms with Crippen LogP contribution in [0.5, 0.6) is 5.75 Å². The van der Waals surface area contributed by atoms with E-state index >= 15 is 0 Å². The van der Waals surface area contributed by atoms with E-state index in [9.17, 15) is 9.59 Å². The van der Waals surface area contributed by atoms with Crippen LogP contribution in [0.2, 0.25) is 0 Å². The fraction of sp³-hybridized carbons (Fsp3) is 0.412. The van der Waals surface area contributed by atoms with E-state index in [1.54, 1.807) is 31.4 Å². The number of ether oxygens (including phenoxy) is 1. The summed E-state index contributed by atoms with van der Waals surface area (Å²) >= 11 is 0. The maximum absolute atomic E-state index is 12.3. The number of Topliss-reactive ketones (excluding diaryl/α,β-unsaturated/α-hetero) is 1. The number of benzene rings is 1. The third kappa shape index (κ3) is 3.92. The molecule has 1 aromatic carbocycles. The van der Waals surface area contributed by atoms with Gasteiger partial charge < -0.3 is 14.1 Å². The largest absolute Gasteiger partial charge is 0.497 e. The molecule has 5 nitrogen and oxygen atoms in total. The summed E-state index contributed by atoms with van der Waals surface area (Å²) < 4.78 is 10.4. The molecule has 23 heavy (non-hydrogen) atoms. The fourth-order valence-corrected chi connectivity index (χ4v) is 2.81. The van der Waals surface area contributed by atoms with Crippen molar-refractivity contribution in [2.24, 2.45) is 0 Å². The predicted molar refractivity (Wildman–Crippen MR) is 90.9 cm³/mol. The first-order valence-electron chi connectivity index (χ1n) is 7.55. The van der Waals surface area contributed by atoms with Crippen LogP contribution in [-0.4, -0.2) is 37.4 Å². The van der Waals surface area contributed by atoms with Crippen LogP contribution in [0.3, 0.4) is 0 Å². The number of nitrogens with zero attached hydrogens (tertiary/aromatic N) is 1. The van der Waals surface area contributed by atoms with Crippen molar-refractivity contribution in [2.45, 2.75) is 19.3 Å². The Morgan fingerprint density at radius 3 is 2.70 bits per heavy atom. The fourth-order valence-electron chi connectivity index (χ4n) is 2.81. The molecule has 6 heteroatoms. The van der Waals surface area contributed by atoms with E-state index < -0.39 is 5.63 Å². The van der Waals surface area contributed by atoms with Crippen molar-refractivity contribution in [1.29, 1.82) is 0 Å². The molecule has 1 aromatic heterocycles. The number of hydrogen-bond acceptors (Lipinski definition) is 5. The van der Waals surface area contributed by atoms with Gasteiger partial charge in [0.2, 0.25) is 0 Å². The molecule has 0 atom stereocenters. The van der Waals surface area contributed by atoms with Crippen molar-refractivity contribution in [3.8, 4) is 5.75 Å². The average Bonchev–Trinajstić information content (AvgIpc) is 3.04. The van der Waals surface area contributed by atoms with Crippen molar-refractivity contribution < 1.29 is 13.9 Å². The summed E-state index contributed by atoms with van der Waals surface area (Å²) in [4.78, 5) is 26.6. The summed E-state index contributed by atoms with van der Waals surface area (Å²) in [7, 11) is 1.55. The van der Waals surface area contributed by atoms with E-state index in [1.165, 1.54) is 12.8 Å². The highest BCUT2D eigenvalue weighted by Gasteiger charge is 2.17. The standard InChI is InChI=1S/C17H19NO4.ClH/c1-21-13-5-4-12-10-14(17(20)22-16(12)11-13)15(19)6-9-18-7-2-3-8-18;/h4-5,10-11H,2-3,6-9H2,1H3;1H. The molecule has 0 unspecified atom stereocenters. The molecule has 0 spiro atoms. The van der Waals surface area contributed by atoms with E-state index in [1.807, 2.05) is 0 Å². The van der Waals surface area contributed by atoms with Gasteiger partial charge in [-0.25, -0.2) is 4.79 Å². The predicted octanol–water partition coefficient (Wildman–Crippen LogP) is 2.89. The van der Waals surface area contributed by atoms with Gasteiger partial charge in [-0.05, 0) is 44.1 Å². The molecule has 2 heterocycles. The number of rotatable bonds is 5. The first-order valence-corrected chi connectivity index (χ1v) is 7.55. The van der Waals surface area contributed by atoms with Crippen LogP contribution in [0.4, 0.5) is 0 Å². The number of hydrogen-bond donors (Lipinski definition) is 0. The topological polar surface area (TPSA) is 59.8 Å². The van der Waals surface area contributed by atoms with Gasteiger partial charge in [0.15, 0.2) is 5.78 Å². The van der Waals surface area contributed by atoms with Crippen LogP contribution < -0.4 is 10.4 Å². The van der Waals surface area contributed by atoms with Gasteiger partial charge in [-0.1, -0.05) is 0 Å². The van der Waals surface area contributed by atoms with Crippen LogP contribution in [0.1, 0.15) is 29.6 Å². The lowest BCUT2D eigenvalue weighted by Gasteiger charge is -2.13. The molecular formula is C17H20ClNO4. The Morgan fingerprint density at radius 2 is 2.00 bits per heavy atom. The minimum atomic E-state index is -0.577. The maximum atomic E-state index is 12.3. The Balaban J connectivity index is 0.00000192. The molecular weight excluding hydrogens is 318 g/mol. The second-order valence-corrected chi connectivity index (χ2v) is 5.57. The molecule has 3 rings (SSSR count). The number of ketones is 1. The molecule has 1 saturated heterocycles. The SMILES string of the molecule is COc1ccc2cc(C(=O)CCN3CCCC3)c(=O)oc2c1.Cl. The molecule has 0 saturated carbocycles. The van der Waals surface area contributed by atoms with Crippen LogP contribution in [0, 0.1) is 0 Å². The lowest BCUT2D eigenvalue weighted by atomic mass is 10.1. The lowest BCUT2D eigenvalue weighted by molar-refractivity contribution is 0.0965. The van der Waals surface area contributed by atoms with Gasteiger partial charge in [0.1, 0.15) is 16.9 Å². The molecule has 124 valence electrons. The van der Waals surface area contributed by atoms with Gasteiger partial charge in [-0.15, -0.1) is 12.4 Å². The maximum Gasteiger partial charge on any atom is 0.347 e. The molecule has 0 N–H and O–H groups in total. The smallest absolute Gasteiger partial charge is 0.347 e. The average molecular weight is 338 g/mol. The van der Waals surface area contributed by atoms with E-state index in [-0.39, 0.29) is 23.8 Å². The molecule has 0 aliphatic carbocycles. The van der Waals surface area contributed by atoms with Crippen LogP contribution in [0.25, 0.3) is 11.0 Å². The number of methoxy groups -OCH3 is 1. The zero-order valence-corrected chi connectivity index (χ0v) is 13.9. The molecule has 0 amide bonds. The number of halogens is 1. The van der Waals surface area contributed by atoms with Gasteiger partial charge >= 0.3 is 5.63 Å². The molecule has 1 fully saturated rings. The third-order valence-electron chi connectivity index (χ3n) is 4.10. The first kappa shape index (κ1) is 17.5. The summed E-state index contributed by atoms with van der Waals surface area (Å²) in [5, 5.41) is 0.727. The summed E-state index contributed by atoms with van der Waals surface area (Å²) in [6.45, 7) is 2.79. The Hall–Kier alpha value is -1.85. The highest BCUT2D eigenvalue weighted by molar-refractivity contribution is 5.98. The van der Waals surface area contributed by atoms with Crippen molar-refractivity contribution >= 4 is 29.2 Å². The van der Waals surface area contributed by atoms with Gasteiger partial charge in [0, 0.05) is 24.4 Å². The van der Waals surface area contributed by atoms with Gasteiger partial charge in [-0.2, -0.15) is 0 Å². The Bertz CT molecular complexity index is 750. The van der Waals surface area contributed by atoms with Gasteiger partial charge in [0.05, 0.1) is 7.11 Å². The molecule has 1 aliphatic heterocycles. The first-order chi connectivity index (χ1) is 10.7. The van der Waals surface area contributed by atoms with E-state index in [0.29, 0.717) is 24.3 Å². The molecule has 0 bridgehead atoms. The summed E-state index contributed by atoms with van der Waals surface area (Å²) in [6.07, 6.45) is 2.73. The highest BCUT2D eigenvalue weighted by atomic mass is 35.5. The molecule has 1 aliphatic rings. The highest BCUT2D eigenvalue weighted by Crippen LogP contribution is 2.20. The minimum Gasteiger partial charge on any atom is -0.497 e. The number of carbonyl (C=O) groups is 1. The van der Waals surface area contributed by atoms with Crippen molar-refractivity contribution in [3.05, 3.63) is 40.2 Å². The van der Waals surface area contributed by atoms with E-state index in [0.717, 1.165) is 18.5 Å². The Labute approximate surface area is 140 Å². The van der Waals surface area contributed by atoms with Crippen LogP contribution >= 0.6 is 12.4 Å². The number of fused-ring (bicyclic) bond motifs is 1. The Kier molecular flexibility index (Phi) is 5.80. The third-order valence-corrected chi connectivity index (χ3v) is 4.10. The van der Waals surface area contributed by atoms with Crippen molar-refractivity contribution in [2.75, 3.05) is 26.7 Å². The second kappa shape index (κ2) is 7.62. The van der Waals surface area contributed by atoms with Crippen molar-refractivity contribution in [1.82, 2.24) is 4.90 Å². The quantitative estimate of drug-likeness (QED) is 0.620. The summed E-state index contributed by atoms with van der Waals surface area (Å²) in [6, 6.07) is 6.83. The Morgan fingerprint density at radius 1 is 1.26 bits per heavy atom. The van der Waals surface area contributed by atoms with Crippen LogP contribution in [-0.2, 0) is 0 Å². The number of likely N-dealkylation sites (tertiary alicyclic amines) is 1. The summed E-state index contributed by atoms with van der Waals surface area (Å²) in [5.74, 6) is 0.460. The van der Waals surface area contributed by atoms with Gasteiger partial charge in [-0.3, -0.25) is 4.79 Å². The van der Waals surface area contributed by atoms with Crippen LogP contribution in [0.15, 0.2) is 33.5 Å². The monoisotopic (exact) mass is 337 g/mol. The zero-order valence-electron chi connectivity index (χ0n) is 13.0. The second-order valence-electron chi connectivity index (χ2n) is 5.57. The minimum absolute atomic E-state index is 0. The van der Waals surface area contributed by atoms with E-state index in [2.05, 4.69) is 4.90 Å². The summed E-state index contributed by atoms with van der Waals surface area (Å²) in [5.41, 5.74) is -0.00974. The van der Waals surface area contributed by atoms with Gasteiger partial charge in [0.25, 0.3) is 0 Å². The normalized spacial score (nSPS) is 14.7. The van der Waals surface area contributed by atoms with Crippen molar-refractivity contribution in [3.63, 3.8) is 0 Å². The number of carbonyl (C=O) groups excluding carboxylic acids is 1.